The maximum Gasteiger partial charge on any atom is 0.237 e. The van der Waals surface area contributed by atoms with E-state index in [0.29, 0.717) is 12.6 Å². The minimum atomic E-state index is -0.199. The highest BCUT2D eigenvalue weighted by atomic mass is 16.3. The van der Waals surface area contributed by atoms with E-state index in [2.05, 4.69) is 36.4 Å². The molecule has 0 aromatic carbocycles. The fourth-order valence-corrected chi connectivity index (χ4v) is 1.82. The van der Waals surface area contributed by atoms with Gasteiger partial charge in [0.15, 0.2) is 0 Å². The molecule has 0 aliphatic carbocycles. The van der Waals surface area contributed by atoms with Gasteiger partial charge in [0, 0.05) is 19.1 Å². The van der Waals surface area contributed by atoms with E-state index in [1.54, 1.807) is 6.26 Å². The number of amides is 1. The number of hydrogen-bond donors (Lipinski definition) is 2. The van der Waals surface area contributed by atoms with Crippen LogP contribution in [0.4, 0.5) is 0 Å². The molecule has 1 heterocycles. The Balaban J connectivity index is 2.18. The van der Waals surface area contributed by atoms with Gasteiger partial charge in [-0.3, -0.25) is 4.79 Å². The summed E-state index contributed by atoms with van der Waals surface area (Å²) in [7, 11) is 2.11. The van der Waals surface area contributed by atoms with Crippen LogP contribution in [0.25, 0.3) is 0 Å². The zero-order chi connectivity index (χ0) is 15.0. The fraction of sp³-hybridized carbons (Fsp3) is 0.667. The standard InChI is InChI=1S/C15H27N3O2/c1-5-12(2)18(4)9-8-16-13(3)15(19)17-11-14-7-6-10-20-14/h6-7,10,12-13,16H,5,8-9,11H2,1-4H3,(H,17,19). The van der Waals surface area contributed by atoms with Crippen molar-refractivity contribution in [1.82, 2.24) is 15.5 Å². The molecule has 0 aliphatic rings. The number of furan rings is 1. The molecule has 2 N–H and O–H groups in total. The third-order valence-electron chi connectivity index (χ3n) is 3.67. The summed E-state index contributed by atoms with van der Waals surface area (Å²) in [5.41, 5.74) is 0. The van der Waals surface area contributed by atoms with Gasteiger partial charge in [-0.15, -0.1) is 0 Å². The molecule has 0 fully saturated rings. The number of carbonyl (C=O) groups is 1. The third-order valence-corrected chi connectivity index (χ3v) is 3.67. The van der Waals surface area contributed by atoms with Crippen LogP contribution in [0.15, 0.2) is 22.8 Å². The van der Waals surface area contributed by atoms with Crippen molar-refractivity contribution >= 4 is 5.91 Å². The smallest absolute Gasteiger partial charge is 0.237 e. The molecular weight excluding hydrogens is 254 g/mol. The van der Waals surface area contributed by atoms with Gasteiger partial charge in [-0.25, -0.2) is 0 Å². The molecule has 1 rings (SSSR count). The Bertz CT molecular complexity index is 378. The molecule has 0 saturated heterocycles. The Kier molecular flexibility index (Phi) is 7.33. The van der Waals surface area contributed by atoms with E-state index in [1.807, 2.05) is 19.1 Å². The van der Waals surface area contributed by atoms with E-state index in [-0.39, 0.29) is 11.9 Å². The first-order valence-electron chi connectivity index (χ1n) is 7.28. The molecule has 0 radical (unpaired) electrons. The molecule has 0 saturated carbocycles. The predicted octanol–water partition coefficient (Wildman–Crippen LogP) is 1.60. The van der Waals surface area contributed by atoms with Crippen molar-refractivity contribution in [2.24, 2.45) is 0 Å². The van der Waals surface area contributed by atoms with Gasteiger partial charge in [0.2, 0.25) is 5.91 Å². The topological polar surface area (TPSA) is 57.5 Å². The van der Waals surface area contributed by atoms with Gasteiger partial charge < -0.3 is 20.0 Å². The van der Waals surface area contributed by atoms with Crippen LogP contribution in [-0.2, 0) is 11.3 Å². The molecule has 1 aromatic rings. The van der Waals surface area contributed by atoms with Crippen molar-refractivity contribution in [2.45, 2.75) is 45.8 Å². The largest absolute Gasteiger partial charge is 0.467 e. The van der Waals surface area contributed by atoms with Crippen LogP contribution in [0.3, 0.4) is 0 Å². The summed E-state index contributed by atoms with van der Waals surface area (Å²) >= 11 is 0. The van der Waals surface area contributed by atoms with E-state index < -0.39 is 0 Å². The number of likely N-dealkylation sites (N-methyl/N-ethyl adjacent to an activating group) is 1. The lowest BCUT2D eigenvalue weighted by Gasteiger charge is -2.24. The van der Waals surface area contributed by atoms with Gasteiger partial charge in [-0.1, -0.05) is 6.92 Å². The Labute approximate surface area is 121 Å². The molecule has 0 bridgehead atoms. The van der Waals surface area contributed by atoms with Crippen molar-refractivity contribution in [3.8, 4) is 0 Å². The summed E-state index contributed by atoms with van der Waals surface area (Å²) in [6, 6.07) is 4.03. The van der Waals surface area contributed by atoms with Gasteiger partial charge in [0.1, 0.15) is 5.76 Å². The minimum Gasteiger partial charge on any atom is -0.467 e. The first kappa shape index (κ1) is 16.7. The average molecular weight is 281 g/mol. The minimum absolute atomic E-state index is 0.00686. The molecule has 114 valence electrons. The monoisotopic (exact) mass is 281 g/mol. The van der Waals surface area contributed by atoms with Crippen LogP contribution in [0.1, 0.15) is 33.0 Å². The molecular formula is C15H27N3O2. The SMILES string of the molecule is CCC(C)N(C)CCNC(C)C(=O)NCc1ccco1. The summed E-state index contributed by atoms with van der Waals surface area (Å²) in [5.74, 6) is 0.759. The fourth-order valence-electron chi connectivity index (χ4n) is 1.82. The third kappa shape index (κ3) is 5.75. The molecule has 0 aliphatic heterocycles. The van der Waals surface area contributed by atoms with Gasteiger partial charge in [-0.2, -0.15) is 0 Å². The predicted molar refractivity (Wildman–Crippen MR) is 80.4 cm³/mol. The van der Waals surface area contributed by atoms with Gasteiger partial charge >= 0.3 is 0 Å². The van der Waals surface area contributed by atoms with Crippen LogP contribution in [0.2, 0.25) is 0 Å². The Hall–Kier alpha value is -1.33. The molecule has 2 unspecified atom stereocenters. The summed E-state index contributed by atoms with van der Waals surface area (Å²) < 4.78 is 5.17. The maximum atomic E-state index is 11.9. The molecule has 5 nitrogen and oxygen atoms in total. The maximum absolute atomic E-state index is 11.9. The van der Waals surface area contributed by atoms with E-state index >= 15 is 0 Å². The molecule has 20 heavy (non-hydrogen) atoms. The number of carbonyl (C=O) groups excluding carboxylic acids is 1. The highest BCUT2D eigenvalue weighted by Crippen LogP contribution is 1.99. The van der Waals surface area contributed by atoms with Crippen LogP contribution in [-0.4, -0.2) is 43.0 Å². The van der Waals surface area contributed by atoms with E-state index in [0.717, 1.165) is 25.3 Å². The van der Waals surface area contributed by atoms with E-state index in [1.165, 1.54) is 0 Å². The lowest BCUT2D eigenvalue weighted by Crippen LogP contribution is -2.45. The van der Waals surface area contributed by atoms with Crippen molar-refractivity contribution < 1.29 is 9.21 Å². The van der Waals surface area contributed by atoms with Crippen molar-refractivity contribution in [2.75, 3.05) is 20.1 Å². The summed E-state index contributed by atoms with van der Waals surface area (Å²) in [4.78, 5) is 14.2. The van der Waals surface area contributed by atoms with Gasteiger partial charge in [0.05, 0.1) is 18.8 Å². The lowest BCUT2D eigenvalue weighted by atomic mass is 10.2. The van der Waals surface area contributed by atoms with Crippen LogP contribution in [0.5, 0.6) is 0 Å². The van der Waals surface area contributed by atoms with Crippen molar-refractivity contribution in [1.29, 1.82) is 0 Å². The van der Waals surface area contributed by atoms with Crippen molar-refractivity contribution in [3.05, 3.63) is 24.2 Å². The van der Waals surface area contributed by atoms with Crippen LogP contribution >= 0.6 is 0 Å². The Morgan fingerprint density at radius 1 is 1.45 bits per heavy atom. The zero-order valence-corrected chi connectivity index (χ0v) is 13.0. The zero-order valence-electron chi connectivity index (χ0n) is 13.0. The molecule has 1 amide bonds. The highest BCUT2D eigenvalue weighted by Gasteiger charge is 2.13. The lowest BCUT2D eigenvalue weighted by molar-refractivity contribution is -0.123. The van der Waals surface area contributed by atoms with Crippen LogP contribution in [0, 0.1) is 0 Å². The van der Waals surface area contributed by atoms with Gasteiger partial charge in [0.25, 0.3) is 0 Å². The summed E-state index contributed by atoms with van der Waals surface area (Å²) in [6.45, 7) is 8.44. The molecule has 0 spiro atoms. The number of hydrogen-bond acceptors (Lipinski definition) is 4. The normalized spacial score (nSPS) is 14.2. The second-order valence-electron chi connectivity index (χ2n) is 5.21. The second-order valence-corrected chi connectivity index (χ2v) is 5.21. The first-order chi connectivity index (χ1) is 9.54. The average Bonchev–Trinajstić information content (AvgIpc) is 2.96. The van der Waals surface area contributed by atoms with E-state index in [9.17, 15) is 4.79 Å². The van der Waals surface area contributed by atoms with Gasteiger partial charge in [-0.05, 0) is 39.4 Å². The number of nitrogens with zero attached hydrogens (tertiary/aromatic N) is 1. The molecule has 5 heteroatoms. The number of rotatable bonds is 9. The summed E-state index contributed by atoms with van der Waals surface area (Å²) in [6.07, 6.45) is 2.74. The quantitative estimate of drug-likeness (QED) is 0.722. The van der Waals surface area contributed by atoms with Crippen molar-refractivity contribution in [3.63, 3.8) is 0 Å². The Morgan fingerprint density at radius 3 is 2.80 bits per heavy atom. The van der Waals surface area contributed by atoms with E-state index in [4.69, 9.17) is 4.42 Å². The van der Waals surface area contributed by atoms with Crippen LogP contribution < -0.4 is 10.6 Å². The highest BCUT2D eigenvalue weighted by molar-refractivity contribution is 5.81. The number of nitrogens with one attached hydrogen (secondary N) is 2. The molecule has 2 atom stereocenters. The summed E-state index contributed by atoms with van der Waals surface area (Å²) in [5, 5.41) is 6.09. The second kappa shape index (κ2) is 8.76. The first-order valence-corrected chi connectivity index (χ1v) is 7.28. The molecule has 1 aromatic heterocycles. The Morgan fingerprint density at radius 2 is 2.20 bits per heavy atom.